The molecule has 1 fully saturated rings. The minimum Gasteiger partial charge on any atom is -0.496 e. The van der Waals surface area contributed by atoms with Gasteiger partial charge in [-0.25, -0.2) is 0 Å². The largest absolute Gasteiger partial charge is 0.496 e. The van der Waals surface area contributed by atoms with Gasteiger partial charge in [0.15, 0.2) is 0 Å². The maximum absolute atomic E-state index is 12.6. The predicted molar refractivity (Wildman–Crippen MR) is 102 cm³/mol. The Morgan fingerprint density at radius 3 is 2.19 bits per heavy atom. The van der Waals surface area contributed by atoms with Crippen molar-refractivity contribution in [3.63, 3.8) is 0 Å². The van der Waals surface area contributed by atoms with Gasteiger partial charge in [0, 0.05) is 44.0 Å². The molecule has 0 bridgehead atoms. The number of hydrogen-bond acceptors (Lipinski definition) is 6. The number of amides is 1. The number of benzene rings is 1. The van der Waals surface area contributed by atoms with Crippen LogP contribution in [-0.2, 0) is 16.0 Å². The number of halogens is 1. The van der Waals surface area contributed by atoms with E-state index in [1.807, 2.05) is 0 Å². The quantitative estimate of drug-likeness (QED) is 0.702. The van der Waals surface area contributed by atoms with Crippen LogP contribution in [0.5, 0.6) is 17.2 Å². The van der Waals surface area contributed by atoms with E-state index in [0.29, 0.717) is 62.8 Å². The Kier molecular flexibility index (Phi) is 8.98. The van der Waals surface area contributed by atoms with Crippen molar-refractivity contribution in [2.45, 2.75) is 19.3 Å². The summed E-state index contributed by atoms with van der Waals surface area (Å²) in [4.78, 5) is 12.6. The van der Waals surface area contributed by atoms with E-state index in [2.05, 4.69) is 5.32 Å². The third-order valence-corrected chi connectivity index (χ3v) is 4.80. The van der Waals surface area contributed by atoms with Gasteiger partial charge >= 0.3 is 0 Å². The van der Waals surface area contributed by atoms with Crippen molar-refractivity contribution in [1.82, 2.24) is 5.32 Å². The molecule has 2 rings (SSSR count). The zero-order valence-electron chi connectivity index (χ0n) is 15.6. The number of carbonyl (C=O) groups excluding carboxylic acids is 1. The first-order valence-corrected chi connectivity index (χ1v) is 8.45. The molecule has 1 heterocycles. The monoisotopic (exact) mass is 388 g/mol. The minimum absolute atomic E-state index is 0. The molecular weight excluding hydrogens is 360 g/mol. The van der Waals surface area contributed by atoms with Crippen LogP contribution in [-0.4, -0.2) is 53.5 Å². The zero-order chi connectivity index (χ0) is 18.3. The first-order chi connectivity index (χ1) is 12.1. The third-order valence-electron chi connectivity index (χ3n) is 4.80. The van der Waals surface area contributed by atoms with E-state index in [1.54, 1.807) is 33.5 Å². The van der Waals surface area contributed by atoms with Gasteiger partial charge in [-0.05, 0) is 19.3 Å². The van der Waals surface area contributed by atoms with Gasteiger partial charge in [0.25, 0.3) is 0 Å². The van der Waals surface area contributed by atoms with Crippen molar-refractivity contribution < 1.29 is 23.7 Å². The molecule has 1 amide bonds. The van der Waals surface area contributed by atoms with Gasteiger partial charge in [-0.3, -0.25) is 4.79 Å². The summed E-state index contributed by atoms with van der Waals surface area (Å²) in [5.41, 5.74) is 6.24. The van der Waals surface area contributed by atoms with Crippen molar-refractivity contribution in [2.75, 3.05) is 47.6 Å². The Hall–Kier alpha value is -1.70. The Bertz CT molecular complexity index is 566. The van der Waals surface area contributed by atoms with Gasteiger partial charge in [-0.1, -0.05) is 0 Å². The van der Waals surface area contributed by atoms with Crippen LogP contribution in [0.3, 0.4) is 0 Å². The number of methoxy groups -OCH3 is 3. The van der Waals surface area contributed by atoms with Gasteiger partial charge < -0.3 is 30.0 Å². The molecule has 1 saturated heterocycles. The van der Waals surface area contributed by atoms with Crippen molar-refractivity contribution in [3.8, 4) is 17.2 Å². The summed E-state index contributed by atoms with van der Waals surface area (Å²) in [6, 6.07) is 3.61. The van der Waals surface area contributed by atoms with Crippen molar-refractivity contribution in [3.05, 3.63) is 17.7 Å². The molecule has 0 aliphatic carbocycles. The second-order valence-corrected chi connectivity index (χ2v) is 6.11. The molecule has 0 unspecified atom stereocenters. The summed E-state index contributed by atoms with van der Waals surface area (Å²) in [5, 5.41) is 3.01. The molecule has 26 heavy (non-hydrogen) atoms. The maximum atomic E-state index is 12.6. The Labute approximate surface area is 160 Å². The smallest absolute Gasteiger partial charge is 0.227 e. The second kappa shape index (κ2) is 10.4. The fraction of sp³-hybridized carbons (Fsp3) is 0.611. The van der Waals surface area contributed by atoms with Gasteiger partial charge in [0.2, 0.25) is 5.91 Å². The Balaban J connectivity index is 0.00000338. The lowest BCUT2D eigenvalue weighted by atomic mass is 9.79. The molecule has 1 aromatic rings. The van der Waals surface area contributed by atoms with Crippen LogP contribution in [0.2, 0.25) is 0 Å². The summed E-state index contributed by atoms with van der Waals surface area (Å²) in [7, 11) is 4.79. The molecule has 0 atom stereocenters. The number of carbonyl (C=O) groups is 1. The minimum atomic E-state index is -0.521. The highest BCUT2D eigenvalue weighted by Gasteiger charge is 2.38. The van der Waals surface area contributed by atoms with Gasteiger partial charge in [-0.2, -0.15) is 0 Å². The van der Waals surface area contributed by atoms with Gasteiger partial charge in [0.1, 0.15) is 17.2 Å². The highest BCUT2D eigenvalue weighted by molar-refractivity contribution is 5.85. The van der Waals surface area contributed by atoms with Crippen LogP contribution in [0, 0.1) is 5.41 Å². The molecule has 8 heteroatoms. The lowest BCUT2D eigenvalue weighted by molar-refractivity contribution is -0.135. The number of ether oxygens (including phenoxy) is 4. The molecule has 1 aliphatic rings. The van der Waals surface area contributed by atoms with E-state index in [9.17, 15) is 4.79 Å². The van der Waals surface area contributed by atoms with Crippen LogP contribution >= 0.6 is 12.4 Å². The van der Waals surface area contributed by atoms with Crippen LogP contribution in [0.25, 0.3) is 0 Å². The lowest BCUT2D eigenvalue weighted by Gasteiger charge is -2.34. The Morgan fingerprint density at radius 2 is 1.73 bits per heavy atom. The number of nitrogens with two attached hydrogens (primary N) is 1. The summed E-state index contributed by atoms with van der Waals surface area (Å²) in [6.07, 6.45) is 1.90. The van der Waals surface area contributed by atoms with Crippen LogP contribution in [0.15, 0.2) is 12.1 Å². The predicted octanol–water partition coefficient (Wildman–Crippen LogP) is 1.55. The molecule has 0 spiro atoms. The molecular formula is C18H29ClN2O5. The maximum Gasteiger partial charge on any atom is 0.227 e. The lowest BCUT2D eigenvalue weighted by Crippen LogP contribution is -2.49. The fourth-order valence-corrected chi connectivity index (χ4v) is 3.10. The summed E-state index contributed by atoms with van der Waals surface area (Å²) in [6.45, 7) is 1.95. The normalized spacial score (nSPS) is 15.5. The van der Waals surface area contributed by atoms with E-state index >= 15 is 0 Å². The third kappa shape index (κ3) is 4.93. The number of nitrogens with one attached hydrogen (secondary N) is 1. The average molecular weight is 389 g/mol. The second-order valence-electron chi connectivity index (χ2n) is 6.11. The van der Waals surface area contributed by atoms with E-state index in [-0.39, 0.29) is 18.3 Å². The number of rotatable bonds is 8. The van der Waals surface area contributed by atoms with E-state index < -0.39 is 5.41 Å². The zero-order valence-corrected chi connectivity index (χ0v) is 16.4. The van der Waals surface area contributed by atoms with Crippen molar-refractivity contribution in [2.24, 2.45) is 11.1 Å². The SMILES string of the molecule is COc1cc(OC)c(CCNC(=O)C2(CN)CCOCC2)c(OC)c1.Cl. The summed E-state index contributed by atoms with van der Waals surface area (Å²) >= 11 is 0. The van der Waals surface area contributed by atoms with Crippen LogP contribution in [0.1, 0.15) is 18.4 Å². The van der Waals surface area contributed by atoms with Gasteiger partial charge in [0.05, 0.1) is 26.7 Å². The van der Waals surface area contributed by atoms with E-state index in [4.69, 9.17) is 24.7 Å². The molecule has 3 N–H and O–H groups in total. The summed E-state index contributed by atoms with van der Waals surface area (Å²) in [5.74, 6) is 1.99. The molecule has 148 valence electrons. The molecule has 0 aromatic heterocycles. The first kappa shape index (κ1) is 22.3. The van der Waals surface area contributed by atoms with Crippen molar-refractivity contribution >= 4 is 18.3 Å². The average Bonchev–Trinajstić information content (AvgIpc) is 2.67. The standard InChI is InChI=1S/C18H28N2O5.ClH/c1-22-13-10-15(23-2)14(16(11-13)24-3)4-7-20-17(21)18(12-19)5-8-25-9-6-18;/h10-11H,4-9,12,19H2,1-3H3,(H,20,21);1H. The topological polar surface area (TPSA) is 92.0 Å². The molecule has 1 aliphatic heterocycles. The van der Waals surface area contributed by atoms with Gasteiger partial charge in [-0.15, -0.1) is 12.4 Å². The number of hydrogen-bond donors (Lipinski definition) is 2. The molecule has 0 radical (unpaired) electrons. The molecule has 7 nitrogen and oxygen atoms in total. The first-order valence-electron chi connectivity index (χ1n) is 8.45. The van der Waals surface area contributed by atoms with E-state index in [1.165, 1.54) is 0 Å². The highest BCUT2D eigenvalue weighted by Crippen LogP contribution is 2.34. The molecule has 0 saturated carbocycles. The van der Waals surface area contributed by atoms with Crippen LogP contribution < -0.4 is 25.3 Å². The van der Waals surface area contributed by atoms with Crippen LogP contribution in [0.4, 0.5) is 0 Å². The highest BCUT2D eigenvalue weighted by atomic mass is 35.5. The summed E-state index contributed by atoms with van der Waals surface area (Å²) < 4.78 is 21.5. The van der Waals surface area contributed by atoms with Crippen molar-refractivity contribution in [1.29, 1.82) is 0 Å². The molecule has 1 aromatic carbocycles. The van der Waals surface area contributed by atoms with E-state index in [0.717, 1.165) is 5.56 Å². The fourth-order valence-electron chi connectivity index (χ4n) is 3.10. The Morgan fingerprint density at radius 1 is 1.15 bits per heavy atom.